The lowest BCUT2D eigenvalue weighted by Gasteiger charge is -2.21. The third kappa shape index (κ3) is 4.84. The van der Waals surface area contributed by atoms with E-state index in [2.05, 4.69) is 10.6 Å². The topological polar surface area (TPSA) is 105 Å². The van der Waals surface area contributed by atoms with Gasteiger partial charge in [-0.25, -0.2) is 4.79 Å². The second-order valence-electron chi connectivity index (χ2n) is 6.67. The summed E-state index contributed by atoms with van der Waals surface area (Å²) in [6.07, 6.45) is 0. The SMILES string of the molecule is CC(NC(=O)c1ccccc1N(C)C(=O)c1cccs1)c1ccc(NC(N)=O)cc1. The molecular weight excluding hydrogens is 400 g/mol. The number of amides is 4. The Morgan fingerprint density at radius 3 is 2.33 bits per heavy atom. The Balaban J connectivity index is 1.75. The van der Waals surface area contributed by atoms with Crippen molar-refractivity contribution in [3.8, 4) is 0 Å². The van der Waals surface area contributed by atoms with Gasteiger partial charge in [-0.1, -0.05) is 30.3 Å². The highest BCUT2D eigenvalue weighted by Crippen LogP contribution is 2.24. The fourth-order valence-corrected chi connectivity index (χ4v) is 3.69. The molecule has 3 aromatic rings. The monoisotopic (exact) mass is 422 g/mol. The molecule has 4 N–H and O–H groups in total. The maximum absolute atomic E-state index is 13.0. The van der Waals surface area contributed by atoms with Crippen molar-refractivity contribution in [1.82, 2.24) is 5.32 Å². The third-order valence-corrected chi connectivity index (χ3v) is 5.43. The van der Waals surface area contributed by atoms with Gasteiger partial charge in [0.05, 0.1) is 22.2 Å². The predicted molar refractivity (Wildman–Crippen MR) is 119 cm³/mol. The summed E-state index contributed by atoms with van der Waals surface area (Å²) in [5.74, 6) is -0.459. The summed E-state index contributed by atoms with van der Waals surface area (Å²) in [6.45, 7) is 1.86. The number of carbonyl (C=O) groups is 3. The summed E-state index contributed by atoms with van der Waals surface area (Å²) in [7, 11) is 1.65. The Morgan fingerprint density at radius 2 is 1.70 bits per heavy atom. The van der Waals surface area contributed by atoms with Crippen molar-refractivity contribution in [2.75, 3.05) is 17.3 Å². The molecule has 0 saturated carbocycles. The van der Waals surface area contributed by atoms with Crippen molar-refractivity contribution in [2.45, 2.75) is 13.0 Å². The standard InChI is InChI=1S/C22H22N4O3S/c1-14(15-9-11-16(12-10-15)25-22(23)29)24-20(27)17-6-3-4-7-18(17)26(2)21(28)19-8-5-13-30-19/h3-14H,1-2H3,(H,24,27)(H3,23,25,29). The van der Waals surface area contributed by atoms with Gasteiger partial charge < -0.3 is 21.3 Å². The Kier molecular flexibility index (Phi) is 6.48. The molecule has 7 nitrogen and oxygen atoms in total. The zero-order valence-electron chi connectivity index (χ0n) is 16.6. The molecule has 2 aromatic carbocycles. The van der Waals surface area contributed by atoms with E-state index >= 15 is 0 Å². The largest absolute Gasteiger partial charge is 0.351 e. The molecule has 3 rings (SSSR count). The van der Waals surface area contributed by atoms with Crippen LogP contribution in [0.2, 0.25) is 0 Å². The Morgan fingerprint density at radius 1 is 1.00 bits per heavy atom. The number of carbonyl (C=O) groups excluding carboxylic acids is 3. The molecule has 30 heavy (non-hydrogen) atoms. The van der Waals surface area contributed by atoms with Crippen molar-refractivity contribution in [3.05, 3.63) is 82.0 Å². The van der Waals surface area contributed by atoms with E-state index in [1.165, 1.54) is 16.2 Å². The number of para-hydroxylation sites is 1. The van der Waals surface area contributed by atoms with Crippen LogP contribution in [0.5, 0.6) is 0 Å². The molecule has 0 fully saturated rings. The zero-order valence-corrected chi connectivity index (χ0v) is 17.4. The quantitative estimate of drug-likeness (QED) is 0.559. The number of hydrogen-bond acceptors (Lipinski definition) is 4. The van der Waals surface area contributed by atoms with Gasteiger partial charge in [-0.15, -0.1) is 11.3 Å². The Hall–Kier alpha value is -3.65. The second-order valence-corrected chi connectivity index (χ2v) is 7.61. The fourth-order valence-electron chi connectivity index (χ4n) is 2.99. The molecule has 0 saturated heterocycles. The van der Waals surface area contributed by atoms with Crippen LogP contribution in [0.25, 0.3) is 0 Å². The van der Waals surface area contributed by atoms with Gasteiger partial charge in [0.25, 0.3) is 11.8 Å². The summed E-state index contributed by atoms with van der Waals surface area (Å²) >= 11 is 1.36. The first kappa shape index (κ1) is 21.1. The van der Waals surface area contributed by atoms with Crippen molar-refractivity contribution in [3.63, 3.8) is 0 Å². The van der Waals surface area contributed by atoms with Crippen LogP contribution in [0.4, 0.5) is 16.2 Å². The summed E-state index contributed by atoms with van der Waals surface area (Å²) in [4.78, 5) is 38.7. The molecule has 1 heterocycles. The smallest absolute Gasteiger partial charge is 0.316 e. The van der Waals surface area contributed by atoms with Crippen molar-refractivity contribution >= 4 is 40.6 Å². The molecular formula is C22H22N4O3S. The molecule has 0 aliphatic heterocycles. The van der Waals surface area contributed by atoms with E-state index in [0.29, 0.717) is 21.8 Å². The van der Waals surface area contributed by atoms with E-state index in [-0.39, 0.29) is 17.9 Å². The van der Waals surface area contributed by atoms with Crippen molar-refractivity contribution in [1.29, 1.82) is 0 Å². The number of nitrogens with zero attached hydrogens (tertiary/aromatic N) is 1. The predicted octanol–water partition coefficient (Wildman–Crippen LogP) is 4.01. The number of primary amides is 1. The highest BCUT2D eigenvalue weighted by atomic mass is 32.1. The minimum atomic E-state index is -0.637. The average molecular weight is 423 g/mol. The molecule has 154 valence electrons. The minimum Gasteiger partial charge on any atom is -0.351 e. The highest BCUT2D eigenvalue weighted by Gasteiger charge is 2.21. The van der Waals surface area contributed by atoms with Crippen LogP contribution in [0.1, 0.15) is 38.6 Å². The maximum atomic E-state index is 13.0. The van der Waals surface area contributed by atoms with Gasteiger partial charge >= 0.3 is 6.03 Å². The van der Waals surface area contributed by atoms with Crippen molar-refractivity contribution in [2.24, 2.45) is 5.73 Å². The lowest BCUT2D eigenvalue weighted by Crippen LogP contribution is -2.31. The maximum Gasteiger partial charge on any atom is 0.316 e. The fraction of sp³-hybridized carbons (Fsp3) is 0.136. The van der Waals surface area contributed by atoms with E-state index < -0.39 is 6.03 Å². The number of nitrogens with two attached hydrogens (primary N) is 1. The molecule has 1 aromatic heterocycles. The molecule has 8 heteroatoms. The van der Waals surface area contributed by atoms with Gasteiger partial charge in [0, 0.05) is 12.7 Å². The average Bonchev–Trinajstić information content (AvgIpc) is 3.27. The van der Waals surface area contributed by atoms with E-state index in [1.54, 1.807) is 61.6 Å². The number of rotatable bonds is 6. The second kappa shape index (κ2) is 9.23. The highest BCUT2D eigenvalue weighted by molar-refractivity contribution is 7.12. The number of anilines is 2. The van der Waals surface area contributed by atoms with Gasteiger partial charge in [0.2, 0.25) is 0 Å². The van der Waals surface area contributed by atoms with Crippen LogP contribution in [0.3, 0.4) is 0 Å². The van der Waals surface area contributed by atoms with Crippen molar-refractivity contribution < 1.29 is 14.4 Å². The normalized spacial score (nSPS) is 11.4. The summed E-state index contributed by atoms with van der Waals surface area (Å²) < 4.78 is 0. The van der Waals surface area contributed by atoms with E-state index in [4.69, 9.17) is 5.73 Å². The zero-order chi connectivity index (χ0) is 21.7. The molecule has 0 aliphatic carbocycles. The molecule has 0 radical (unpaired) electrons. The van der Waals surface area contributed by atoms with Crippen LogP contribution in [-0.2, 0) is 0 Å². The molecule has 0 spiro atoms. The number of thiophene rings is 1. The van der Waals surface area contributed by atoms with Crippen LogP contribution in [0, 0.1) is 0 Å². The van der Waals surface area contributed by atoms with Crippen LogP contribution >= 0.6 is 11.3 Å². The summed E-state index contributed by atoms with van der Waals surface area (Å²) in [6, 6.07) is 16.7. The van der Waals surface area contributed by atoms with Gasteiger partial charge in [-0.2, -0.15) is 0 Å². The molecule has 0 aliphatic rings. The van der Waals surface area contributed by atoms with Gasteiger partial charge in [-0.3, -0.25) is 9.59 Å². The minimum absolute atomic E-state index is 0.171. The molecule has 0 bridgehead atoms. The van der Waals surface area contributed by atoms with E-state index in [9.17, 15) is 14.4 Å². The van der Waals surface area contributed by atoms with E-state index in [0.717, 1.165) is 5.56 Å². The van der Waals surface area contributed by atoms with Gasteiger partial charge in [0.1, 0.15) is 0 Å². The Bertz CT molecular complexity index is 1050. The first-order valence-corrected chi connectivity index (χ1v) is 10.1. The van der Waals surface area contributed by atoms with Crippen LogP contribution in [0.15, 0.2) is 66.0 Å². The first-order valence-electron chi connectivity index (χ1n) is 9.24. The first-order chi connectivity index (χ1) is 14.4. The molecule has 4 amide bonds. The number of benzene rings is 2. The molecule has 1 unspecified atom stereocenters. The lowest BCUT2D eigenvalue weighted by molar-refractivity contribution is 0.0940. The van der Waals surface area contributed by atoms with Crippen LogP contribution < -0.4 is 21.3 Å². The summed E-state index contributed by atoms with van der Waals surface area (Å²) in [5, 5.41) is 7.29. The van der Waals surface area contributed by atoms with E-state index in [1.807, 2.05) is 18.4 Å². The number of hydrogen-bond donors (Lipinski definition) is 3. The summed E-state index contributed by atoms with van der Waals surface area (Å²) in [5.41, 5.74) is 7.48. The van der Waals surface area contributed by atoms with Crippen LogP contribution in [-0.4, -0.2) is 24.9 Å². The third-order valence-electron chi connectivity index (χ3n) is 4.57. The van der Waals surface area contributed by atoms with Gasteiger partial charge in [-0.05, 0) is 48.2 Å². The molecule has 1 atom stereocenters. The van der Waals surface area contributed by atoms with Gasteiger partial charge in [0.15, 0.2) is 0 Å². The Labute approximate surface area is 178 Å². The number of nitrogens with one attached hydrogen (secondary N) is 2. The number of urea groups is 1. The lowest BCUT2D eigenvalue weighted by atomic mass is 10.1.